The molecule has 3 aliphatic rings. The molecule has 3 saturated carbocycles. The Morgan fingerprint density at radius 2 is 2.07 bits per heavy atom. The second-order valence-corrected chi connectivity index (χ2v) is 6.20. The molecule has 0 N–H and O–H groups in total. The molecule has 3 fully saturated rings. The molecule has 0 aromatic rings. The Hall–Kier alpha value is -0.590. The molecule has 0 heterocycles. The van der Waals surface area contributed by atoms with Crippen molar-refractivity contribution in [2.24, 2.45) is 29.1 Å². The van der Waals surface area contributed by atoms with E-state index in [1.165, 1.54) is 19.3 Å². The van der Waals surface area contributed by atoms with Crippen LogP contribution in [0.5, 0.6) is 0 Å². The van der Waals surface area contributed by atoms with Crippen LogP contribution in [0.2, 0.25) is 0 Å². The van der Waals surface area contributed by atoms with Gasteiger partial charge in [0.05, 0.1) is 0 Å². The van der Waals surface area contributed by atoms with Gasteiger partial charge in [-0.1, -0.05) is 12.2 Å². The summed E-state index contributed by atoms with van der Waals surface area (Å²) in [6.07, 6.45) is 5.12. The fourth-order valence-electron chi connectivity index (χ4n) is 4.44. The van der Waals surface area contributed by atoms with E-state index in [4.69, 9.17) is 0 Å². The number of hydrogen-bond donors (Lipinski definition) is 0. The average Bonchev–Trinajstić information content (AvgIpc) is 2.80. The number of allylic oxidation sites excluding steroid dienone is 1. The first-order valence-electron chi connectivity index (χ1n) is 6.24. The number of carbonyl (C=O) groups excluding carboxylic acids is 1. The maximum atomic E-state index is 12.5. The molecule has 0 amide bonds. The van der Waals surface area contributed by atoms with E-state index >= 15 is 0 Å². The summed E-state index contributed by atoms with van der Waals surface area (Å²) in [5.41, 5.74) is 0.901. The van der Waals surface area contributed by atoms with Gasteiger partial charge in [-0.25, -0.2) is 0 Å². The Balaban J connectivity index is 1.97. The fourth-order valence-corrected chi connectivity index (χ4v) is 4.44. The Bertz CT molecular complexity index is 343. The van der Waals surface area contributed by atoms with Gasteiger partial charge < -0.3 is 0 Å². The topological polar surface area (TPSA) is 17.1 Å². The van der Waals surface area contributed by atoms with E-state index in [0.29, 0.717) is 17.6 Å². The lowest BCUT2D eigenvalue weighted by molar-refractivity contribution is -0.128. The minimum absolute atomic E-state index is 0.184. The highest BCUT2D eigenvalue weighted by molar-refractivity contribution is 5.92. The summed E-state index contributed by atoms with van der Waals surface area (Å²) < 4.78 is 0. The van der Waals surface area contributed by atoms with Gasteiger partial charge in [-0.3, -0.25) is 4.79 Å². The van der Waals surface area contributed by atoms with Crippen molar-refractivity contribution in [2.45, 2.75) is 39.5 Å². The molecule has 2 bridgehead atoms. The summed E-state index contributed by atoms with van der Waals surface area (Å²) in [4.78, 5) is 12.5. The molecule has 3 rings (SSSR count). The molecule has 1 heteroatoms. The smallest absolute Gasteiger partial charge is 0.146 e. The Kier molecular flexibility index (Phi) is 1.76. The van der Waals surface area contributed by atoms with Crippen molar-refractivity contribution in [3.8, 4) is 0 Å². The van der Waals surface area contributed by atoms with Gasteiger partial charge >= 0.3 is 0 Å². The molecule has 0 aromatic heterocycles. The highest BCUT2D eigenvalue weighted by Crippen LogP contribution is 2.62. The normalized spacial score (nSPS) is 52.3. The molecular weight excluding hydrogens is 184 g/mol. The molecule has 3 aliphatic carbocycles. The molecule has 0 aromatic carbocycles. The third kappa shape index (κ3) is 1.02. The number of hydrogen-bond acceptors (Lipinski definition) is 1. The zero-order valence-electron chi connectivity index (χ0n) is 9.75. The fraction of sp³-hybridized carbons (Fsp3) is 0.786. The molecular formula is C14H20O. The van der Waals surface area contributed by atoms with Gasteiger partial charge in [-0.15, -0.1) is 0 Å². The Morgan fingerprint density at radius 3 is 2.67 bits per heavy atom. The summed E-state index contributed by atoms with van der Waals surface area (Å²) in [6, 6.07) is 0. The third-order valence-electron chi connectivity index (χ3n) is 5.52. The minimum atomic E-state index is -0.184. The molecule has 15 heavy (non-hydrogen) atoms. The zero-order chi connectivity index (χ0) is 10.8. The molecule has 0 spiro atoms. The van der Waals surface area contributed by atoms with Crippen LogP contribution in [-0.2, 0) is 4.79 Å². The predicted octanol–water partition coefficient (Wildman–Crippen LogP) is 3.20. The van der Waals surface area contributed by atoms with Gasteiger partial charge in [0.1, 0.15) is 5.78 Å². The SMILES string of the molecule is C=C(C)[C@]1(C)CC2C(C1=O)[C@H]1CC[C@@H]2C1. The predicted molar refractivity (Wildman–Crippen MR) is 60.4 cm³/mol. The number of ketones is 1. The number of Topliss-reactive ketones (excluding diaryl/α,β-unsaturated/α-hetero) is 1. The van der Waals surface area contributed by atoms with Crippen LogP contribution in [0.3, 0.4) is 0 Å². The largest absolute Gasteiger partial charge is 0.298 e. The van der Waals surface area contributed by atoms with Gasteiger partial charge in [0.15, 0.2) is 0 Å². The van der Waals surface area contributed by atoms with Gasteiger partial charge in [0, 0.05) is 11.3 Å². The van der Waals surface area contributed by atoms with Gasteiger partial charge in [0.2, 0.25) is 0 Å². The van der Waals surface area contributed by atoms with Crippen LogP contribution in [0.25, 0.3) is 0 Å². The molecule has 0 saturated heterocycles. The first-order chi connectivity index (χ1) is 7.04. The van der Waals surface area contributed by atoms with Crippen LogP contribution >= 0.6 is 0 Å². The maximum Gasteiger partial charge on any atom is 0.146 e. The molecule has 82 valence electrons. The van der Waals surface area contributed by atoms with Crippen molar-refractivity contribution >= 4 is 5.78 Å². The van der Waals surface area contributed by atoms with Crippen LogP contribution in [0, 0.1) is 29.1 Å². The van der Waals surface area contributed by atoms with Crippen molar-refractivity contribution in [3.63, 3.8) is 0 Å². The average molecular weight is 204 g/mol. The van der Waals surface area contributed by atoms with Crippen molar-refractivity contribution in [1.29, 1.82) is 0 Å². The highest BCUT2D eigenvalue weighted by atomic mass is 16.1. The van der Waals surface area contributed by atoms with E-state index in [9.17, 15) is 4.79 Å². The van der Waals surface area contributed by atoms with Crippen molar-refractivity contribution < 1.29 is 4.79 Å². The van der Waals surface area contributed by atoms with Crippen molar-refractivity contribution in [2.75, 3.05) is 0 Å². The van der Waals surface area contributed by atoms with E-state index in [-0.39, 0.29) is 5.41 Å². The Labute approximate surface area is 91.9 Å². The van der Waals surface area contributed by atoms with Crippen molar-refractivity contribution in [3.05, 3.63) is 12.2 Å². The number of fused-ring (bicyclic) bond motifs is 5. The number of rotatable bonds is 1. The van der Waals surface area contributed by atoms with Crippen LogP contribution in [0.4, 0.5) is 0 Å². The zero-order valence-corrected chi connectivity index (χ0v) is 9.75. The molecule has 0 radical (unpaired) electrons. The highest BCUT2D eigenvalue weighted by Gasteiger charge is 2.60. The van der Waals surface area contributed by atoms with E-state index in [1.54, 1.807) is 0 Å². The molecule has 5 atom stereocenters. The summed E-state index contributed by atoms with van der Waals surface area (Å²) in [7, 11) is 0. The summed E-state index contributed by atoms with van der Waals surface area (Å²) in [5.74, 6) is 3.23. The second kappa shape index (κ2) is 2.75. The van der Waals surface area contributed by atoms with E-state index < -0.39 is 0 Å². The molecule has 0 aliphatic heterocycles. The van der Waals surface area contributed by atoms with Crippen LogP contribution in [-0.4, -0.2) is 5.78 Å². The quantitative estimate of drug-likeness (QED) is 0.599. The second-order valence-electron chi connectivity index (χ2n) is 6.20. The first kappa shape index (κ1) is 9.62. The lowest BCUT2D eigenvalue weighted by atomic mass is 9.78. The molecule has 1 nitrogen and oxygen atoms in total. The van der Waals surface area contributed by atoms with Gasteiger partial charge in [0.25, 0.3) is 0 Å². The van der Waals surface area contributed by atoms with Crippen LogP contribution < -0.4 is 0 Å². The lowest BCUT2D eigenvalue weighted by Gasteiger charge is -2.24. The van der Waals surface area contributed by atoms with E-state index in [1.807, 2.05) is 6.92 Å². The van der Waals surface area contributed by atoms with Gasteiger partial charge in [-0.05, 0) is 57.3 Å². The van der Waals surface area contributed by atoms with Gasteiger partial charge in [-0.2, -0.15) is 0 Å². The number of carbonyl (C=O) groups is 1. The minimum Gasteiger partial charge on any atom is -0.298 e. The summed E-state index contributed by atoms with van der Waals surface area (Å²) in [6.45, 7) is 8.19. The summed E-state index contributed by atoms with van der Waals surface area (Å²) >= 11 is 0. The lowest BCUT2D eigenvalue weighted by Crippen LogP contribution is -2.29. The summed E-state index contributed by atoms with van der Waals surface area (Å²) in [5, 5.41) is 0. The van der Waals surface area contributed by atoms with E-state index in [0.717, 1.165) is 23.8 Å². The first-order valence-corrected chi connectivity index (χ1v) is 6.24. The third-order valence-corrected chi connectivity index (χ3v) is 5.52. The van der Waals surface area contributed by atoms with E-state index in [2.05, 4.69) is 13.5 Å². The Morgan fingerprint density at radius 1 is 1.40 bits per heavy atom. The monoisotopic (exact) mass is 204 g/mol. The standard InChI is InChI=1S/C14H20O/c1-8(2)14(3)7-11-9-4-5-10(6-9)12(11)13(14)15/h9-12H,1,4-7H2,2-3H3/t9-,10+,11?,12?,14+/m1/s1. The van der Waals surface area contributed by atoms with Crippen molar-refractivity contribution in [1.82, 2.24) is 0 Å². The van der Waals surface area contributed by atoms with Crippen LogP contribution in [0.1, 0.15) is 39.5 Å². The molecule has 2 unspecified atom stereocenters. The van der Waals surface area contributed by atoms with Crippen LogP contribution in [0.15, 0.2) is 12.2 Å². The maximum absolute atomic E-state index is 12.5.